The van der Waals surface area contributed by atoms with Gasteiger partial charge in [-0.05, 0) is 32.4 Å². The lowest BCUT2D eigenvalue weighted by molar-refractivity contribution is 0.240. The van der Waals surface area contributed by atoms with Gasteiger partial charge in [0, 0.05) is 6.07 Å². The van der Waals surface area contributed by atoms with Gasteiger partial charge in [0.25, 0.3) is 0 Å². The maximum Gasteiger partial charge on any atom is 0.145 e. The number of benzene rings is 1. The number of hydrogen-bond acceptors (Lipinski definition) is 3. The molecule has 0 radical (unpaired) electrons. The summed E-state index contributed by atoms with van der Waals surface area (Å²) in [5, 5.41) is 0. The number of hydrogen-bond donors (Lipinski definition) is 1. The first kappa shape index (κ1) is 11.7. The van der Waals surface area contributed by atoms with Gasteiger partial charge >= 0.3 is 0 Å². The summed E-state index contributed by atoms with van der Waals surface area (Å²) in [4.78, 5) is 0. The molecule has 0 spiro atoms. The Bertz CT molecular complexity index is 310. The van der Waals surface area contributed by atoms with Gasteiger partial charge in [-0.1, -0.05) is 6.92 Å². The molecule has 0 atom stereocenters. The molecule has 1 rings (SSSR count). The Morgan fingerprint density at radius 2 is 2.07 bits per heavy atom. The third-order valence-electron chi connectivity index (χ3n) is 1.82. The van der Waals surface area contributed by atoms with Gasteiger partial charge in [-0.2, -0.15) is 0 Å². The number of nitrogens with two attached hydrogens (primary N) is 1. The average molecular weight is 209 g/mol. The van der Waals surface area contributed by atoms with Crippen molar-refractivity contribution in [2.24, 2.45) is 0 Å². The minimum atomic E-state index is 0.160. The highest BCUT2D eigenvalue weighted by molar-refractivity contribution is 5.55. The Hall–Kier alpha value is -1.38. The zero-order valence-corrected chi connectivity index (χ0v) is 9.62. The van der Waals surface area contributed by atoms with E-state index in [2.05, 4.69) is 6.92 Å². The second kappa shape index (κ2) is 5.49. The van der Waals surface area contributed by atoms with Gasteiger partial charge in [0.15, 0.2) is 0 Å². The minimum Gasteiger partial charge on any atom is -0.491 e. The molecule has 0 aromatic heterocycles. The number of nitrogen functional groups attached to an aromatic ring is 1. The van der Waals surface area contributed by atoms with E-state index in [4.69, 9.17) is 15.2 Å². The second-order valence-electron chi connectivity index (χ2n) is 3.71. The number of rotatable bonds is 5. The van der Waals surface area contributed by atoms with Crippen molar-refractivity contribution in [1.29, 1.82) is 0 Å². The summed E-state index contributed by atoms with van der Waals surface area (Å²) in [6.07, 6.45) is 1.13. The monoisotopic (exact) mass is 209 g/mol. The van der Waals surface area contributed by atoms with Crippen LogP contribution in [0.15, 0.2) is 18.2 Å². The summed E-state index contributed by atoms with van der Waals surface area (Å²) in [7, 11) is 0. The van der Waals surface area contributed by atoms with Gasteiger partial charge in [0.1, 0.15) is 11.5 Å². The molecule has 0 saturated carbocycles. The van der Waals surface area contributed by atoms with Crippen LogP contribution in [0.25, 0.3) is 0 Å². The van der Waals surface area contributed by atoms with Crippen LogP contribution in [0.3, 0.4) is 0 Å². The van der Waals surface area contributed by atoms with Crippen LogP contribution < -0.4 is 15.2 Å². The van der Waals surface area contributed by atoms with Crippen LogP contribution in [-0.2, 0) is 0 Å². The van der Waals surface area contributed by atoms with Crippen molar-refractivity contribution in [2.75, 3.05) is 12.3 Å². The van der Waals surface area contributed by atoms with E-state index in [9.17, 15) is 0 Å². The largest absolute Gasteiger partial charge is 0.491 e. The molecule has 0 saturated heterocycles. The van der Waals surface area contributed by atoms with Crippen molar-refractivity contribution in [3.8, 4) is 11.5 Å². The summed E-state index contributed by atoms with van der Waals surface area (Å²) < 4.78 is 11.1. The van der Waals surface area contributed by atoms with E-state index in [1.54, 1.807) is 0 Å². The third kappa shape index (κ3) is 3.70. The minimum absolute atomic E-state index is 0.160. The molecule has 0 fully saturated rings. The Balaban J connectivity index is 2.75. The summed E-state index contributed by atoms with van der Waals surface area (Å²) in [5.74, 6) is 1.50. The normalized spacial score (nSPS) is 10.4. The molecule has 3 heteroatoms. The highest BCUT2D eigenvalue weighted by Crippen LogP contribution is 2.27. The molecule has 0 heterocycles. The van der Waals surface area contributed by atoms with Crippen LogP contribution in [0, 0.1) is 0 Å². The fraction of sp³-hybridized carbons (Fsp3) is 0.500. The molecule has 1 aromatic carbocycles. The standard InChI is InChI=1S/C12H19NO2/c1-4-7-14-12-8-10(15-9(2)3)5-6-11(12)13/h5-6,8-9H,4,7,13H2,1-3H3. The van der Waals surface area contributed by atoms with E-state index in [0.29, 0.717) is 18.0 Å². The Morgan fingerprint density at radius 1 is 1.33 bits per heavy atom. The lowest BCUT2D eigenvalue weighted by Gasteiger charge is -2.13. The van der Waals surface area contributed by atoms with Crippen molar-refractivity contribution >= 4 is 5.69 Å². The molecule has 0 bridgehead atoms. The first-order chi connectivity index (χ1) is 7.13. The molecule has 0 aliphatic rings. The van der Waals surface area contributed by atoms with Crippen molar-refractivity contribution < 1.29 is 9.47 Å². The molecule has 84 valence electrons. The molecule has 1 aromatic rings. The van der Waals surface area contributed by atoms with Gasteiger partial charge in [0.2, 0.25) is 0 Å². The molecule has 0 amide bonds. The van der Waals surface area contributed by atoms with Crippen molar-refractivity contribution in [3.63, 3.8) is 0 Å². The summed E-state index contributed by atoms with van der Waals surface area (Å²) >= 11 is 0. The highest BCUT2D eigenvalue weighted by atomic mass is 16.5. The highest BCUT2D eigenvalue weighted by Gasteiger charge is 2.04. The van der Waals surface area contributed by atoms with E-state index >= 15 is 0 Å². The lowest BCUT2D eigenvalue weighted by Crippen LogP contribution is -2.06. The predicted molar refractivity (Wildman–Crippen MR) is 62.4 cm³/mol. The molecule has 3 nitrogen and oxygen atoms in total. The lowest BCUT2D eigenvalue weighted by atomic mass is 10.3. The van der Waals surface area contributed by atoms with Crippen molar-refractivity contribution in [1.82, 2.24) is 0 Å². The van der Waals surface area contributed by atoms with E-state index in [1.807, 2.05) is 32.0 Å². The maximum atomic E-state index is 5.78. The Kier molecular flexibility index (Phi) is 4.28. The van der Waals surface area contributed by atoms with E-state index in [-0.39, 0.29) is 6.10 Å². The van der Waals surface area contributed by atoms with Crippen LogP contribution in [0.4, 0.5) is 5.69 Å². The van der Waals surface area contributed by atoms with Crippen LogP contribution in [0.2, 0.25) is 0 Å². The first-order valence-electron chi connectivity index (χ1n) is 5.32. The fourth-order valence-corrected chi connectivity index (χ4v) is 1.20. The summed E-state index contributed by atoms with van der Waals surface area (Å²) in [6.45, 7) is 6.71. The molecule has 2 N–H and O–H groups in total. The SMILES string of the molecule is CCCOc1cc(OC(C)C)ccc1N. The average Bonchev–Trinajstić information content (AvgIpc) is 2.18. The zero-order chi connectivity index (χ0) is 11.3. The number of ether oxygens (including phenoxy) is 2. The number of anilines is 1. The first-order valence-corrected chi connectivity index (χ1v) is 5.32. The molecule has 0 aliphatic heterocycles. The zero-order valence-electron chi connectivity index (χ0n) is 9.62. The second-order valence-corrected chi connectivity index (χ2v) is 3.71. The smallest absolute Gasteiger partial charge is 0.145 e. The fourth-order valence-electron chi connectivity index (χ4n) is 1.20. The Morgan fingerprint density at radius 3 is 2.67 bits per heavy atom. The van der Waals surface area contributed by atoms with Crippen LogP contribution in [0.1, 0.15) is 27.2 Å². The molecule has 0 unspecified atom stereocenters. The van der Waals surface area contributed by atoms with Crippen molar-refractivity contribution in [2.45, 2.75) is 33.3 Å². The molecular formula is C12H19NO2. The van der Waals surface area contributed by atoms with Crippen molar-refractivity contribution in [3.05, 3.63) is 18.2 Å². The van der Waals surface area contributed by atoms with Crippen LogP contribution in [-0.4, -0.2) is 12.7 Å². The van der Waals surface area contributed by atoms with Gasteiger partial charge in [0.05, 0.1) is 18.4 Å². The predicted octanol–water partition coefficient (Wildman–Crippen LogP) is 2.84. The summed E-state index contributed by atoms with van der Waals surface area (Å²) in [6, 6.07) is 5.50. The van der Waals surface area contributed by atoms with Gasteiger partial charge in [-0.15, -0.1) is 0 Å². The molecular weight excluding hydrogens is 190 g/mol. The Labute approximate surface area is 91.2 Å². The van der Waals surface area contributed by atoms with Gasteiger partial charge < -0.3 is 15.2 Å². The van der Waals surface area contributed by atoms with Gasteiger partial charge in [-0.25, -0.2) is 0 Å². The quantitative estimate of drug-likeness (QED) is 0.758. The van der Waals surface area contributed by atoms with E-state index in [0.717, 1.165) is 12.2 Å². The van der Waals surface area contributed by atoms with E-state index < -0.39 is 0 Å². The van der Waals surface area contributed by atoms with E-state index in [1.165, 1.54) is 0 Å². The molecule has 0 aliphatic carbocycles. The summed E-state index contributed by atoms with van der Waals surface area (Å²) in [5.41, 5.74) is 6.43. The van der Waals surface area contributed by atoms with Gasteiger partial charge in [-0.3, -0.25) is 0 Å². The molecule has 15 heavy (non-hydrogen) atoms. The topological polar surface area (TPSA) is 44.5 Å². The third-order valence-corrected chi connectivity index (χ3v) is 1.82. The van der Waals surface area contributed by atoms with Crippen LogP contribution >= 0.6 is 0 Å². The van der Waals surface area contributed by atoms with Crippen LogP contribution in [0.5, 0.6) is 11.5 Å². The maximum absolute atomic E-state index is 5.78.